The highest BCUT2D eigenvalue weighted by atomic mass is 32.2. The highest BCUT2D eigenvalue weighted by molar-refractivity contribution is 8.04. The summed E-state index contributed by atoms with van der Waals surface area (Å²) in [7, 11) is 0. The van der Waals surface area contributed by atoms with Gasteiger partial charge in [0, 0.05) is 4.90 Å². The van der Waals surface area contributed by atoms with Crippen molar-refractivity contribution in [3.8, 4) is 0 Å². The summed E-state index contributed by atoms with van der Waals surface area (Å²) in [5, 5.41) is 3.41. The van der Waals surface area contributed by atoms with Gasteiger partial charge in [-0.05, 0) is 37.1 Å². The minimum atomic E-state index is 0.0912. The number of hydrogen-bond donors (Lipinski definition) is 1. The number of Topliss-reactive ketones (excluding diaryl/α,β-unsaturated/α-hetero) is 1. The molecule has 1 aliphatic heterocycles. The van der Waals surface area contributed by atoms with Crippen molar-refractivity contribution in [2.75, 3.05) is 5.32 Å². The van der Waals surface area contributed by atoms with Crippen LogP contribution in [0.15, 0.2) is 58.3 Å². The average Bonchev–Trinajstić information content (AvgIpc) is 2.46. The van der Waals surface area contributed by atoms with E-state index in [9.17, 15) is 4.79 Å². The molecule has 0 saturated carbocycles. The van der Waals surface area contributed by atoms with E-state index in [1.54, 1.807) is 18.7 Å². The van der Waals surface area contributed by atoms with Gasteiger partial charge < -0.3 is 5.32 Å². The van der Waals surface area contributed by atoms with Gasteiger partial charge in [-0.1, -0.05) is 48.2 Å². The third kappa shape index (κ3) is 2.37. The fourth-order valence-electron chi connectivity index (χ4n) is 2.23. The fraction of sp³-hybridized carbons (Fsp3) is 0.118. The standard InChI is InChI=1S/C17H15NOS/c1-11-8-9-14-15(10-11)20-17(12(2)19)16(18-14)13-6-4-3-5-7-13/h3-10,18H,1-2H3. The molecule has 0 spiro atoms. The molecule has 2 aromatic carbocycles. The molecule has 2 aromatic rings. The fourth-order valence-corrected chi connectivity index (χ4v) is 3.33. The number of carbonyl (C=O) groups is 1. The largest absolute Gasteiger partial charge is 0.353 e. The van der Waals surface area contributed by atoms with Crippen molar-refractivity contribution in [2.45, 2.75) is 18.7 Å². The summed E-state index contributed by atoms with van der Waals surface area (Å²) in [5.41, 5.74) is 4.20. The van der Waals surface area contributed by atoms with E-state index in [-0.39, 0.29) is 5.78 Å². The number of ketones is 1. The topological polar surface area (TPSA) is 29.1 Å². The maximum Gasteiger partial charge on any atom is 0.168 e. The lowest BCUT2D eigenvalue weighted by molar-refractivity contribution is -0.112. The number of fused-ring (bicyclic) bond motifs is 1. The van der Waals surface area contributed by atoms with Gasteiger partial charge in [-0.15, -0.1) is 0 Å². The third-order valence-electron chi connectivity index (χ3n) is 3.22. The molecule has 100 valence electrons. The van der Waals surface area contributed by atoms with E-state index in [0.717, 1.165) is 26.7 Å². The summed E-state index contributed by atoms with van der Waals surface area (Å²) < 4.78 is 0. The van der Waals surface area contributed by atoms with Crippen LogP contribution in [0.5, 0.6) is 0 Å². The first-order valence-corrected chi connectivity index (χ1v) is 7.33. The van der Waals surface area contributed by atoms with E-state index in [1.807, 2.05) is 30.3 Å². The van der Waals surface area contributed by atoms with Crippen LogP contribution in [0.1, 0.15) is 18.1 Å². The quantitative estimate of drug-likeness (QED) is 0.880. The molecule has 0 bridgehead atoms. The Labute approximate surface area is 122 Å². The molecule has 0 radical (unpaired) electrons. The van der Waals surface area contributed by atoms with Crippen LogP contribution in [0.3, 0.4) is 0 Å². The van der Waals surface area contributed by atoms with E-state index in [0.29, 0.717) is 0 Å². The molecule has 1 heterocycles. The Hall–Kier alpha value is -2.00. The first kappa shape index (κ1) is 13.0. The summed E-state index contributed by atoms with van der Waals surface area (Å²) >= 11 is 1.55. The van der Waals surface area contributed by atoms with E-state index < -0.39 is 0 Å². The minimum absolute atomic E-state index is 0.0912. The predicted octanol–water partition coefficient (Wildman–Crippen LogP) is 4.47. The summed E-state index contributed by atoms with van der Waals surface area (Å²) in [6, 6.07) is 16.2. The van der Waals surface area contributed by atoms with E-state index in [4.69, 9.17) is 0 Å². The summed E-state index contributed by atoms with van der Waals surface area (Å²) in [4.78, 5) is 13.8. The Kier molecular flexibility index (Phi) is 3.36. The molecule has 20 heavy (non-hydrogen) atoms. The second-order valence-electron chi connectivity index (χ2n) is 4.85. The van der Waals surface area contributed by atoms with Crippen molar-refractivity contribution < 1.29 is 4.79 Å². The zero-order valence-corrected chi connectivity index (χ0v) is 12.3. The monoisotopic (exact) mass is 281 g/mol. The van der Waals surface area contributed by atoms with Gasteiger partial charge in [0.25, 0.3) is 0 Å². The molecule has 0 fully saturated rings. The number of nitrogens with one attached hydrogen (secondary N) is 1. The number of hydrogen-bond acceptors (Lipinski definition) is 3. The van der Waals surface area contributed by atoms with Crippen molar-refractivity contribution in [3.63, 3.8) is 0 Å². The normalized spacial score (nSPS) is 13.7. The van der Waals surface area contributed by atoms with Gasteiger partial charge in [0.1, 0.15) is 0 Å². The van der Waals surface area contributed by atoms with Crippen LogP contribution in [0.4, 0.5) is 5.69 Å². The zero-order chi connectivity index (χ0) is 14.1. The van der Waals surface area contributed by atoms with Gasteiger partial charge in [-0.25, -0.2) is 0 Å². The van der Waals surface area contributed by atoms with Crippen LogP contribution in [-0.2, 0) is 4.79 Å². The summed E-state index contributed by atoms with van der Waals surface area (Å²) in [6.07, 6.45) is 0. The van der Waals surface area contributed by atoms with Crippen LogP contribution in [0.25, 0.3) is 5.70 Å². The lowest BCUT2D eigenvalue weighted by Gasteiger charge is -2.23. The number of carbonyl (C=O) groups excluding carboxylic acids is 1. The second-order valence-corrected chi connectivity index (χ2v) is 5.91. The van der Waals surface area contributed by atoms with Crippen molar-refractivity contribution >= 4 is 28.9 Å². The second kappa shape index (κ2) is 5.17. The van der Waals surface area contributed by atoms with Crippen molar-refractivity contribution in [2.24, 2.45) is 0 Å². The van der Waals surface area contributed by atoms with Crippen LogP contribution >= 0.6 is 11.8 Å². The lowest BCUT2D eigenvalue weighted by Crippen LogP contribution is -2.11. The Morgan fingerprint density at radius 2 is 1.85 bits per heavy atom. The molecule has 3 rings (SSSR count). The van der Waals surface area contributed by atoms with Crippen LogP contribution in [0, 0.1) is 6.92 Å². The van der Waals surface area contributed by atoms with Crippen LogP contribution in [0.2, 0.25) is 0 Å². The Morgan fingerprint density at radius 1 is 1.10 bits per heavy atom. The Balaban J connectivity index is 2.11. The number of benzene rings is 2. The zero-order valence-electron chi connectivity index (χ0n) is 11.4. The number of aryl methyl sites for hydroxylation is 1. The molecular formula is C17H15NOS. The van der Waals surface area contributed by atoms with Gasteiger partial charge in [0.15, 0.2) is 5.78 Å². The van der Waals surface area contributed by atoms with E-state index >= 15 is 0 Å². The predicted molar refractivity (Wildman–Crippen MR) is 84.7 cm³/mol. The molecule has 1 aliphatic rings. The molecule has 1 N–H and O–H groups in total. The SMILES string of the molecule is CC(=O)C1=C(c2ccccc2)Nc2ccc(C)cc2S1. The van der Waals surface area contributed by atoms with Crippen LogP contribution in [-0.4, -0.2) is 5.78 Å². The molecule has 3 heteroatoms. The smallest absolute Gasteiger partial charge is 0.168 e. The van der Waals surface area contributed by atoms with Gasteiger partial charge in [0.05, 0.1) is 16.3 Å². The molecule has 0 aromatic heterocycles. The Morgan fingerprint density at radius 3 is 2.55 bits per heavy atom. The lowest BCUT2D eigenvalue weighted by atomic mass is 10.1. The highest BCUT2D eigenvalue weighted by Gasteiger charge is 2.22. The third-order valence-corrected chi connectivity index (χ3v) is 4.47. The molecule has 2 nitrogen and oxygen atoms in total. The Bertz CT molecular complexity index is 704. The first-order valence-electron chi connectivity index (χ1n) is 6.51. The number of thioether (sulfide) groups is 1. The van der Waals surface area contributed by atoms with Crippen LogP contribution < -0.4 is 5.32 Å². The molecule has 0 atom stereocenters. The molecule has 0 unspecified atom stereocenters. The number of allylic oxidation sites excluding steroid dienone is 1. The molecule has 0 amide bonds. The average molecular weight is 281 g/mol. The van der Waals surface area contributed by atoms with Crippen molar-refractivity contribution in [1.29, 1.82) is 0 Å². The van der Waals surface area contributed by atoms with Gasteiger partial charge in [0.2, 0.25) is 0 Å². The number of rotatable bonds is 2. The van der Waals surface area contributed by atoms with Gasteiger partial charge >= 0.3 is 0 Å². The van der Waals surface area contributed by atoms with E-state index in [1.165, 1.54) is 5.56 Å². The summed E-state index contributed by atoms with van der Waals surface area (Å²) in [5.74, 6) is 0.0912. The maximum atomic E-state index is 12.0. The molecular weight excluding hydrogens is 266 g/mol. The summed E-state index contributed by atoms with van der Waals surface area (Å²) in [6.45, 7) is 3.68. The van der Waals surface area contributed by atoms with Gasteiger partial charge in [-0.2, -0.15) is 0 Å². The number of anilines is 1. The van der Waals surface area contributed by atoms with Crippen molar-refractivity contribution in [1.82, 2.24) is 0 Å². The maximum absolute atomic E-state index is 12.0. The molecule has 0 aliphatic carbocycles. The van der Waals surface area contributed by atoms with E-state index in [2.05, 4.69) is 30.4 Å². The van der Waals surface area contributed by atoms with Crippen molar-refractivity contribution in [3.05, 3.63) is 64.6 Å². The minimum Gasteiger partial charge on any atom is -0.353 e. The van der Waals surface area contributed by atoms with Gasteiger partial charge in [-0.3, -0.25) is 4.79 Å². The highest BCUT2D eigenvalue weighted by Crippen LogP contribution is 2.43. The first-order chi connectivity index (χ1) is 9.65. The molecule has 0 saturated heterocycles.